The van der Waals surface area contributed by atoms with Crippen LogP contribution in [0.5, 0.6) is 17.2 Å². The van der Waals surface area contributed by atoms with Gasteiger partial charge in [0.25, 0.3) is 5.78 Å². The molecule has 1 amide bonds. The second-order valence-corrected chi connectivity index (χ2v) is 13.1. The lowest BCUT2D eigenvalue weighted by molar-refractivity contribution is -0.132. The SMILES string of the molecule is CCCOc1ccc(/C(O)=C2\C(=O)C(=O)N(c3nnc(SCc4cccc5ccccc45)s3)C2c2ccc(OCC)c(OCC)c2)cc1. The van der Waals surface area contributed by atoms with Crippen LogP contribution in [0.1, 0.15) is 49.9 Å². The highest BCUT2D eigenvalue weighted by Crippen LogP contribution is 2.46. The van der Waals surface area contributed by atoms with Crippen LogP contribution in [0, 0.1) is 0 Å². The molecule has 1 atom stereocenters. The number of aliphatic hydroxyl groups is 1. The second kappa shape index (κ2) is 14.9. The third-order valence-corrected chi connectivity index (χ3v) is 9.87. The maximum absolute atomic E-state index is 13.8. The monoisotopic (exact) mass is 681 g/mol. The van der Waals surface area contributed by atoms with Gasteiger partial charge in [-0.25, -0.2) is 0 Å². The molecule has 0 spiro atoms. The van der Waals surface area contributed by atoms with Gasteiger partial charge in [0.15, 0.2) is 15.8 Å². The lowest BCUT2D eigenvalue weighted by Crippen LogP contribution is -2.29. The van der Waals surface area contributed by atoms with Crippen LogP contribution in [0.4, 0.5) is 5.13 Å². The number of fused-ring (bicyclic) bond motifs is 1. The maximum Gasteiger partial charge on any atom is 0.301 e. The summed E-state index contributed by atoms with van der Waals surface area (Å²) in [5, 5.41) is 22.9. The molecule has 4 aromatic carbocycles. The van der Waals surface area contributed by atoms with Crippen LogP contribution in [0.25, 0.3) is 16.5 Å². The predicted octanol–water partition coefficient (Wildman–Crippen LogP) is 8.20. The lowest BCUT2D eigenvalue weighted by Gasteiger charge is -2.23. The number of benzene rings is 4. The quantitative estimate of drug-likeness (QED) is 0.0432. The molecule has 1 aromatic heterocycles. The number of rotatable bonds is 13. The maximum atomic E-state index is 13.8. The van der Waals surface area contributed by atoms with Crippen LogP contribution in [0.2, 0.25) is 0 Å². The molecule has 0 saturated carbocycles. The molecule has 1 unspecified atom stereocenters. The summed E-state index contributed by atoms with van der Waals surface area (Å²) in [4.78, 5) is 28.9. The Morgan fingerprint density at radius 2 is 1.62 bits per heavy atom. The van der Waals surface area contributed by atoms with E-state index in [1.54, 1.807) is 42.5 Å². The van der Waals surface area contributed by atoms with Gasteiger partial charge in [0, 0.05) is 11.3 Å². The van der Waals surface area contributed by atoms with Gasteiger partial charge in [-0.05, 0) is 78.6 Å². The Bertz CT molecular complexity index is 1970. The fraction of sp³-hybridized carbons (Fsp3) is 0.243. The Morgan fingerprint density at radius 3 is 2.40 bits per heavy atom. The van der Waals surface area contributed by atoms with Gasteiger partial charge in [-0.3, -0.25) is 14.5 Å². The number of hydrogen-bond acceptors (Lipinski definition) is 10. The van der Waals surface area contributed by atoms with Gasteiger partial charge in [-0.1, -0.05) is 78.6 Å². The number of anilines is 1. The number of aromatic nitrogens is 2. The van der Waals surface area contributed by atoms with E-state index in [1.165, 1.54) is 28.0 Å². The Balaban J connectivity index is 1.39. The van der Waals surface area contributed by atoms with Gasteiger partial charge in [0.2, 0.25) is 5.13 Å². The van der Waals surface area contributed by atoms with Crippen molar-refractivity contribution in [3.63, 3.8) is 0 Å². The van der Waals surface area contributed by atoms with E-state index in [1.807, 2.05) is 39.0 Å². The van der Waals surface area contributed by atoms with Gasteiger partial charge in [0.1, 0.15) is 11.5 Å². The van der Waals surface area contributed by atoms with Crippen molar-refractivity contribution >= 4 is 56.5 Å². The molecule has 246 valence electrons. The van der Waals surface area contributed by atoms with Crippen molar-refractivity contribution in [2.45, 2.75) is 43.3 Å². The molecule has 48 heavy (non-hydrogen) atoms. The Kier molecular flexibility index (Phi) is 10.3. The Morgan fingerprint density at radius 1 is 0.875 bits per heavy atom. The first-order chi connectivity index (χ1) is 23.4. The van der Waals surface area contributed by atoms with Gasteiger partial charge in [-0.2, -0.15) is 0 Å². The molecular formula is C37H35N3O6S2. The summed E-state index contributed by atoms with van der Waals surface area (Å²) in [6, 6.07) is 25.4. The first kappa shape index (κ1) is 33.0. The van der Waals surface area contributed by atoms with Crippen molar-refractivity contribution in [1.82, 2.24) is 10.2 Å². The number of ether oxygens (including phenoxy) is 3. The summed E-state index contributed by atoms with van der Waals surface area (Å²) in [7, 11) is 0. The molecule has 11 heteroatoms. The molecule has 5 aromatic rings. The highest BCUT2D eigenvalue weighted by Gasteiger charge is 2.48. The summed E-state index contributed by atoms with van der Waals surface area (Å²) in [6.45, 7) is 7.12. The minimum atomic E-state index is -1.00. The number of thioether (sulfide) groups is 1. The van der Waals surface area contributed by atoms with E-state index in [9.17, 15) is 14.7 Å². The first-order valence-corrected chi connectivity index (χ1v) is 17.6. The van der Waals surface area contributed by atoms with Crippen LogP contribution in [0.15, 0.2) is 94.8 Å². The summed E-state index contributed by atoms with van der Waals surface area (Å²) in [5.41, 5.74) is 2.01. The van der Waals surface area contributed by atoms with Crippen molar-refractivity contribution in [2.24, 2.45) is 0 Å². The second-order valence-electron chi connectivity index (χ2n) is 10.9. The van der Waals surface area contributed by atoms with Crippen LogP contribution in [-0.4, -0.2) is 46.8 Å². The predicted molar refractivity (Wildman–Crippen MR) is 189 cm³/mol. The zero-order valence-corrected chi connectivity index (χ0v) is 28.5. The van der Waals surface area contributed by atoms with Crippen molar-refractivity contribution in [3.8, 4) is 17.2 Å². The number of carbonyl (C=O) groups excluding carboxylic acids is 2. The molecule has 0 bridgehead atoms. The number of carbonyl (C=O) groups is 2. The minimum absolute atomic E-state index is 0.0611. The average molecular weight is 682 g/mol. The highest BCUT2D eigenvalue weighted by molar-refractivity contribution is 8.00. The molecule has 0 aliphatic carbocycles. The average Bonchev–Trinajstić information content (AvgIpc) is 3.68. The van der Waals surface area contributed by atoms with Gasteiger partial charge in [-0.15, -0.1) is 10.2 Å². The van der Waals surface area contributed by atoms with Crippen LogP contribution in [0.3, 0.4) is 0 Å². The van der Waals surface area contributed by atoms with E-state index < -0.39 is 17.7 Å². The molecule has 2 heterocycles. The summed E-state index contributed by atoms with van der Waals surface area (Å²) in [6.07, 6.45) is 0.853. The van der Waals surface area contributed by atoms with Crippen LogP contribution in [-0.2, 0) is 15.3 Å². The smallest absolute Gasteiger partial charge is 0.301 e. The largest absolute Gasteiger partial charge is 0.507 e. The zero-order valence-electron chi connectivity index (χ0n) is 26.8. The van der Waals surface area contributed by atoms with Gasteiger partial charge in [0.05, 0.1) is 31.4 Å². The Labute approximate surface area is 287 Å². The van der Waals surface area contributed by atoms with E-state index >= 15 is 0 Å². The molecule has 1 aliphatic heterocycles. The molecule has 1 saturated heterocycles. The van der Waals surface area contributed by atoms with E-state index in [4.69, 9.17) is 14.2 Å². The van der Waals surface area contributed by atoms with Crippen molar-refractivity contribution in [2.75, 3.05) is 24.7 Å². The lowest BCUT2D eigenvalue weighted by atomic mass is 9.95. The van der Waals surface area contributed by atoms with E-state index in [-0.39, 0.29) is 16.5 Å². The summed E-state index contributed by atoms with van der Waals surface area (Å²) < 4.78 is 18.0. The van der Waals surface area contributed by atoms with Crippen LogP contribution >= 0.6 is 23.1 Å². The first-order valence-electron chi connectivity index (χ1n) is 15.8. The minimum Gasteiger partial charge on any atom is -0.507 e. The van der Waals surface area contributed by atoms with Crippen molar-refractivity contribution in [3.05, 3.63) is 107 Å². The van der Waals surface area contributed by atoms with Gasteiger partial charge < -0.3 is 19.3 Å². The number of amides is 1. The van der Waals surface area contributed by atoms with E-state index in [0.29, 0.717) is 58.3 Å². The number of ketones is 1. The third-order valence-electron chi connectivity index (χ3n) is 7.76. The third kappa shape index (κ3) is 6.74. The standard InChI is InChI=1S/C37H35N3O6S2/c1-4-20-46-27-17-14-24(15-18-27)33(41)31-32(25-16-19-29(44-5-2)30(21-25)45-6-3)40(35(43)34(31)42)36-38-39-37(48-36)47-22-26-12-9-11-23-10-7-8-13-28(23)26/h7-19,21,32,41H,4-6,20,22H2,1-3H3/b33-31+. The molecular weight excluding hydrogens is 647 g/mol. The summed E-state index contributed by atoms with van der Waals surface area (Å²) >= 11 is 2.73. The number of hydrogen-bond donors (Lipinski definition) is 1. The zero-order chi connectivity index (χ0) is 33.6. The fourth-order valence-corrected chi connectivity index (χ4v) is 7.45. The number of nitrogens with zero attached hydrogens (tertiary/aromatic N) is 3. The molecule has 6 rings (SSSR count). The molecule has 0 radical (unpaired) electrons. The van der Waals surface area contributed by atoms with E-state index in [2.05, 4.69) is 34.5 Å². The topological polar surface area (TPSA) is 111 Å². The van der Waals surface area contributed by atoms with Crippen molar-refractivity contribution < 1.29 is 28.9 Å². The normalized spacial score (nSPS) is 15.6. The van der Waals surface area contributed by atoms with Gasteiger partial charge >= 0.3 is 5.91 Å². The number of Topliss-reactive ketones (excluding diaryl/α,β-unsaturated/α-hetero) is 1. The molecule has 1 aliphatic rings. The molecule has 1 fully saturated rings. The summed E-state index contributed by atoms with van der Waals surface area (Å²) in [5.74, 6) is 0.348. The Hall–Kier alpha value is -4.87. The number of aliphatic hydroxyl groups excluding tert-OH is 1. The molecule has 1 N–H and O–H groups in total. The van der Waals surface area contributed by atoms with E-state index in [0.717, 1.165) is 22.8 Å². The molecule has 9 nitrogen and oxygen atoms in total. The van der Waals surface area contributed by atoms with Crippen molar-refractivity contribution in [1.29, 1.82) is 0 Å². The highest BCUT2D eigenvalue weighted by atomic mass is 32.2. The van der Waals surface area contributed by atoms with Crippen LogP contribution < -0.4 is 19.1 Å². The fourth-order valence-electron chi connectivity index (χ4n) is 5.58.